The molecule has 0 aliphatic carbocycles. The fourth-order valence-electron chi connectivity index (χ4n) is 7.24. The van der Waals surface area contributed by atoms with Crippen molar-refractivity contribution in [3.63, 3.8) is 0 Å². The van der Waals surface area contributed by atoms with Crippen molar-refractivity contribution in [1.29, 1.82) is 0 Å². The molecule has 0 unspecified atom stereocenters. The third kappa shape index (κ3) is 13.1. The third-order valence-corrected chi connectivity index (χ3v) is 10.7. The highest BCUT2D eigenvalue weighted by Crippen LogP contribution is 2.38. The van der Waals surface area contributed by atoms with E-state index in [-0.39, 0.29) is 26.4 Å². The molecule has 7 aromatic rings. The van der Waals surface area contributed by atoms with Crippen LogP contribution in [0.15, 0.2) is 170 Å². The lowest BCUT2D eigenvalue weighted by Gasteiger charge is -2.26. The Balaban J connectivity index is 1.19. The summed E-state index contributed by atoms with van der Waals surface area (Å²) >= 11 is 0. The standard InChI is InChI=1S/C56H57NO8/c58-33-1-37-62-52-25-11-45(12-26-52)43-7-21-50(22-8-43)57(51-23-9-44(10-24-51)46-13-27-53(28-14-46)63-38-2-34-59)49-19-5-42(6-20-49)41-56(47-15-29-54(30-16-47)64-39-3-35-60)48-17-31-55(32-18-48)65-40-4-36-61/h5-32,41,58-61H,1-4,33-40H2. The van der Waals surface area contributed by atoms with Crippen molar-refractivity contribution >= 4 is 28.7 Å². The molecule has 0 saturated heterocycles. The van der Waals surface area contributed by atoms with Crippen LogP contribution in [0.2, 0.25) is 0 Å². The summed E-state index contributed by atoms with van der Waals surface area (Å²) in [6.07, 6.45) is 4.51. The van der Waals surface area contributed by atoms with E-state index in [1.54, 1.807) is 0 Å². The summed E-state index contributed by atoms with van der Waals surface area (Å²) in [7, 11) is 0. The highest BCUT2D eigenvalue weighted by molar-refractivity contribution is 5.92. The minimum absolute atomic E-state index is 0.0823. The van der Waals surface area contributed by atoms with Gasteiger partial charge < -0.3 is 44.3 Å². The maximum atomic E-state index is 9.21. The van der Waals surface area contributed by atoms with Gasteiger partial charge in [-0.2, -0.15) is 0 Å². The van der Waals surface area contributed by atoms with Gasteiger partial charge in [0.05, 0.1) is 26.4 Å². The summed E-state index contributed by atoms with van der Waals surface area (Å²) in [5.74, 6) is 3.04. The van der Waals surface area contributed by atoms with Gasteiger partial charge >= 0.3 is 0 Å². The van der Waals surface area contributed by atoms with Gasteiger partial charge in [0.15, 0.2) is 0 Å². The van der Waals surface area contributed by atoms with E-state index in [1.165, 1.54) is 0 Å². The first-order valence-electron chi connectivity index (χ1n) is 22.2. The molecular formula is C56H57NO8. The minimum Gasteiger partial charge on any atom is -0.494 e. The van der Waals surface area contributed by atoms with Gasteiger partial charge in [-0.15, -0.1) is 0 Å². The van der Waals surface area contributed by atoms with Gasteiger partial charge in [0, 0.05) is 69.2 Å². The molecule has 0 bridgehead atoms. The van der Waals surface area contributed by atoms with Crippen LogP contribution >= 0.6 is 0 Å². The van der Waals surface area contributed by atoms with E-state index >= 15 is 0 Å². The summed E-state index contributed by atoms with van der Waals surface area (Å²) in [5, 5.41) is 36.6. The predicted octanol–water partition coefficient (Wildman–Crippen LogP) is 11.1. The molecule has 7 rings (SSSR count). The third-order valence-electron chi connectivity index (χ3n) is 10.7. The summed E-state index contributed by atoms with van der Waals surface area (Å²) in [4.78, 5) is 2.25. The summed E-state index contributed by atoms with van der Waals surface area (Å²) in [5.41, 5.74) is 11.4. The van der Waals surface area contributed by atoms with Crippen molar-refractivity contribution in [2.75, 3.05) is 57.8 Å². The first-order chi connectivity index (χ1) is 32.0. The molecule has 0 fully saturated rings. The van der Waals surface area contributed by atoms with Crippen molar-refractivity contribution < 1.29 is 39.4 Å². The molecule has 0 radical (unpaired) electrons. The Kier molecular flexibility index (Phi) is 17.2. The second kappa shape index (κ2) is 24.3. The summed E-state index contributed by atoms with van der Waals surface area (Å²) < 4.78 is 23.2. The summed E-state index contributed by atoms with van der Waals surface area (Å²) in [6, 6.07) is 57.8. The molecule has 7 aromatic carbocycles. The second-order valence-corrected chi connectivity index (χ2v) is 15.4. The molecule has 0 saturated carbocycles. The van der Waals surface area contributed by atoms with E-state index in [0.717, 1.165) is 84.6 Å². The molecule has 9 heteroatoms. The predicted molar refractivity (Wildman–Crippen MR) is 261 cm³/mol. The van der Waals surface area contributed by atoms with Crippen LogP contribution in [0.1, 0.15) is 42.4 Å². The molecular weight excluding hydrogens is 815 g/mol. The number of nitrogens with zero attached hydrogens (tertiary/aromatic N) is 1. The van der Waals surface area contributed by atoms with E-state index in [0.29, 0.717) is 52.1 Å². The maximum absolute atomic E-state index is 9.21. The summed E-state index contributed by atoms with van der Waals surface area (Å²) in [6.45, 7) is 2.21. The van der Waals surface area contributed by atoms with Crippen LogP contribution in [0, 0.1) is 0 Å². The molecule has 0 aromatic heterocycles. The van der Waals surface area contributed by atoms with Crippen LogP contribution in [-0.2, 0) is 0 Å². The normalized spacial score (nSPS) is 10.9. The number of hydrogen-bond acceptors (Lipinski definition) is 9. The number of aliphatic hydroxyl groups is 4. The molecule has 0 heterocycles. The van der Waals surface area contributed by atoms with Crippen molar-refractivity contribution in [3.05, 3.63) is 187 Å². The van der Waals surface area contributed by atoms with Crippen LogP contribution in [0.5, 0.6) is 23.0 Å². The largest absolute Gasteiger partial charge is 0.494 e. The van der Waals surface area contributed by atoms with Gasteiger partial charge in [0.2, 0.25) is 0 Å². The lowest BCUT2D eigenvalue weighted by Crippen LogP contribution is -2.09. The van der Waals surface area contributed by atoms with E-state index in [2.05, 4.69) is 132 Å². The molecule has 65 heavy (non-hydrogen) atoms. The molecule has 0 aliphatic heterocycles. The fourth-order valence-corrected chi connectivity index (χ4v) is 7.24. The van der Waals surface area contributed by atoms with Gasteiger partial charge in [0.25, 0.3) is 0 Å². The zero-order chi connectivity index (χ0) is 45.1. The van der Waals surface area contributed by atoms with Gasteiger partial charge in [-0.05, 0) is 136 Å². The van der Waals surface area contributed by atoms with E-state index < -0.39 is 0 Å². The number of anilines is 3. The maximum Gasteiger partial charge on any atom is 0.119 e. The lowest BCUT2D eigenvalue weighted by molar-refractivity contribution is 0.233. The Hall–Kier alpha value is -6.88. The van der Waals surface area contributed by atoms with Crippen LogP contribution in [0.4, 0.5) is 17.1 Å². The molecule has 0 spiro atoms. The Labute approximate surface area is 382 Å². The molecule has 0 aliphatic rings. The minimum atomic E-state index is 0.0823. The number of benzene rings is 7. The Morgan fingerprint density at radius 3 is 0.892 bits per heavy atom. The average molecular weight is 872 g/mol. The first kappa shape index (κ1) is 46.1. The zero-order valence-electron chi connectivity index (χ0n) is 36.6. The lowest BCUT2D eigenvalue weighted by atomic mass is 9.95. The SMILES string of the molecule is OCCCOc1ccc(C(=Cc2ccc(N(c3ccc(-c4ccc(OCCCO)cc4)cc3)c3ccc(-c4ccc(OCCCO)cc4)cc3)cc2)c2ccc(OCCCO)cc2)cc1. The Morgan fingerprint density at radius 1 is 0.338 bits per heavy atom. The topological polar surface area (TPSA) is 121 Å². The highest BCUT2D eigenvalue weighted by atomic mass is 16.5. The highest BCUT2D eigenvalue weighted by Gasteiger charge is 2.15. The first-order valence-corrected chi connectivity index (χ1v) is 22.2. The fraction of sp³-hybridized carbons (Fsp3) is 0.214. The van der Waals surface area contributed by atoms with Gasteiger partial charge in [-0.25, -0.2) is 0 Å². The Morgan fingerprint density at radius 2 is 0.600 bits per heavy atom. The van der Waals surface area contributed by atoms with Gasteiger partial charge in [0.1, 0.15) is 23.0 Å². The molecule has 0 atom stereocenters. The molecule has 0 amide bonds. The van der Waals surface area contributed by atoms with Crippen molar-refractivity contribution in [2.45, 2.75) is 25.7 Å². The van der Waals surface area contributed by atoms with Gasteiger partial charge in [-0.3, -0.25) is 0 Å². The van der Waals surface area contributed by atoms with E-state index in [9.17, 15) is 10.2 Å². The molecule has 334 valence electrons. The monoisotopic (exact) mass is 871 g/mol. The zero-order valence-corrected chi connectivity index (χ0v) is 36.6. The van der Waals surface area contributed by atoms with Crippen LogP contribution in [0.3, 0.4) is 0 Å². The smallest absolute Gasteiger partial charge is 0.119 e. The quantitative estimate of drug-likeness (QED) is 0.0347. The Bertz CT molecular complexity index is 2330. The average Bonchev–Trinajstić information content (AvgIpc) is 3.36. The van der Waals surface area contributed by atoms with Crippen LogP contribution < -0.4 is 23.8 Å². The van der Waals surface area contributed by atoms with E-state index in [1.807, 2.05) is 48.5 Å². The van der Waals surface area contributed by atoms with Gasteiger partial charge in [-0.1, -0.05) is 84.9 Å². The number of ether oxygens (including phenoxy) is 4. The van der Waals surface area contributed by atoms with Crippen LogP contribution in [-0.4, -0.2) is 73.3 Å². The number of aliphatic hydroxyl groups excluding tert-OH is 4. The molecule has 9 nitrogen and oxygen atoms in total. The molecule has 4 N–H and O–H groups in total. The number of rotatable bonds is 24. The van der Waals surface area contributed by atoms with Crippen molar-refractivity contribution in [3.8, 4) is 45.3 Å². The number of hydrogen-bond donors (Lipinski definition) is 4. The van der Waals surface area contributed by atoms with Crippen molar-refractivity contribution in [1.82, 2.24) is 0 Å². The van der Waals surface area contributed by atoms with E-state index in [4.69, 9.17) is 29.2 Å². The van der Waals surface area contributed by atoms with Crippen LogP contribution in [0.25, 0.3) is 33.9 Å². The second-order valence-electron chi connectivity index (χ2n) is 15.4. The van der Waals surface area contributed by atoms with Crippen molar-refractivity contribution in [2.24, 2.45) is 0 Å².